The summed E-state index contributed by atoms with van der Waals surface area (Å²) in [5.41, 5.74) is -0.305. The Kier molecular flexibility index (Phi) is 4.48. The van der Waals surface area contributed by atoms with Crippen LogP contribution in [-0.2, 0) is 10.2 Å². The SMILES string of the molecule is COc1ccccc1-c1c(Cl)sc2c1C(=O)C(C)(c1ccccc1F)C(=O)N2. The summed E-state index contributed by atoms with van der Waals surface area (Å²) in [5.74, 6) is -1.15. The second-order valence-corrected chi connectivity index (χ2v) is 8.17. The van der Waals surface area contributed by atoms with E-state index in [2.05, 4.69) is 5.32 Å². The second kappa shape index (κ2) is 6.72. The van der Waals surface area contributed by atoms with Gasteiger partial charge in [-0.05, 0) is 19.1 Å². The molecular weight excluding hydrogens is 401 g/mol. The molecule has 2 heterocycles. The van der Waals surface area contributed by atoms with Gasteiger partial charge in [-0.15, -0.1) is 11.3 Å². The molecule has 2 aromatic carbocycles. The summed E-state index contributed by atoms with van der Waals surface area (Å²) in [6, 6.07) is 13.0. The van der Waals surface area contributed by atoms with Gasteiger partial charge in [0.2, 0.25) is 5.91 Å². The number of hydrogen-bond acceptors (Lipinski definition) is 4. The predicted octanol–water partition coefficient (Wildman–Crippen LogP) is 5.31. The fraction of sp³-hybridized carbons (Fsp3) is 0.143. The standard InChI is InChI=1S/C21H15ClFNO3S/c1-21(12-8-4-5-9-13(12)23)17(25)16-15(11-7-3-6-10-14(11)27-2)18(22)28-19(16)24-20(21)26/h3-10H,1-2H3,(H,24,26). The Labute approximate surface area is 169 Å². The van der Waals surface area contributed by atoms with Crippen LogP contribution >= 0.6 is 22.9 Å². The number of anilines is 1. The van der Waals surface area contributed by atoms with Crippen LogP contribution in [0.3, 0.4) is 0 Å². The minimum absolute atomic E-state index is 0.0245. The Morgan fingerprint density at radius 2 is 1.75 bits per heavy atom. The Bertz CT molecular complexity index is 1130. The average molecular weight is 416 g/mol. The van der Waals surface area contributed by atoms with E-state index in [0.29, 0.717) is 26.2 Å². The first-order chi connectivity index (χ1) is 13.4. The molecule has 0 spiro atoms. The lowest BCUT2D eigenvalue weighted by Crippen LogP contribution is -2.48. The monoisotopic (exact) mass is 415 g/mol. The van der Waals surface area contributed by atoms with Crippen LogP contribution in [0.2, 0.25) is 4.34 Å². The molecule has 1 aromatic heterocycles. The summed E-state index contributed by atoms with van der Waals surface area (Å²) in [6.45, 7) is 1.43. The van der Waals surface area contributed by atoms with Crippen LogP contribution < -0.4 is 10.1 Å². The number of methoxy groups -OCH3 is 1. The van der Waals surface area contributed by atoms with Gasteiger partial charge in [0.05, 0.1) is 12.7 Å². The molecule has 1 unspecified atom stereocenters. The zero-order valence-electron chi connectivity index (χ0n) is 15.0. The second-order valence-electron chi connectivity index (χ2n) is 6.54. The fourth-order valence-corrected chi connectivity index (χ4v) is 4.85. The Morgan fingerprint density at radius 1 is 1.07 bits per heavy atom. The van der Waals surface area contributed by atoms with Gasteiger partial charge in [-0.2, -0.15) is 0 Å². The molecule has 1 amide bonds. The van der Waals surface area contributed by atoms with Crippen LogP contribution in [0.5, 0.6) is 5.75 Å². The maximum absolute atomic E-state index is 14.5. The summed E-state index contributed by atoms with van der Waals surface area (Å²) in [6.07, 6.45) is 0. The van der Waals surface area contributed by atoms with Gasteiger partial charge in [0.15, 0.2) is 5.78 Å². The number of carbonyl (C=O) groups is 2. The summed E-state index contributed by atoms with van der Waals surface area (Å²) in [5, 5.41) is 3.10. The van der Waals surface area contributed by atoms with E-state index in [0.717, 1.165) is 11.3 Å². The molecule has 1 atom stereocenters. The van der Waals surface area contributed by atoms with E-state index < -0.39 is 22.9 Å². The van der Waals surface area contributed by atoms with Crippen molar-refractivity contribution in [1.82, 2.24) is 0 Å². The van der Waals surface area contributed by atoms with Crippen LogP contribution in [0.4, 0.5) is 9.39 Å². The summed E-state index contributed by atoms with van der Waals surface area (Å²) in [7, 11) is 1.53. The molecule has 4 nitrogen and oxygen atoms in total. The lowest BCUT2D eigenvalue weighted by Gasteiger charge is -2.32. The highest BCUT2D eigenvalue weighted by Crippen LogP contribution is 2.51. The van der Waals surface area contributed by atoms with Gasteiger partial charge in [-0.1, -0.05) is 48.0 Å². The number of ether oxygens (including phenoxy) is 1. The molecule has 28 heavy (non-hydrogen) atoms. The molecule has 4 rings (SSSR count). The molecule has 0 aliphatic carbocycles. The minimum Gasteiger partial charge on any atom is -0.496 e. The number of para-hydroxylation sites is 1. The number of hydrogen-bond donors (Lipinski definition) is 1. The van der Waals surface area contributed by atoms with E-state index in [1.807, 2.05) is 6.07 Å². The quantitative estimate of drug-likeness (QED) is 0.590. The van der Waals surface area contributed by atoms with E-state index >= 15 is 0 Å². The first-order valence-electron chi connectivity index (χ1n) is 8.46. The van der Waals surface area contributed by atoms with Crippen LogP contribution in [0.15, 0.2) is 48.5 Å². The highest BCUT2D eigenvalue weighted by molar-refractivity contribution is 7.21. The first-order valence-corrected chi connectivity index (χ1v) is 9.66. The molecule has 0 fully saturated rings. The number of halogens is 2. The molecule has 0 radical (unpaired) electrons. The molecule has 0 saturated carbocycles. The molecular formula is C21H15ClFNO3S. The van der Waals surface area contributed by atoms with Crippen molar-refractivity contribution in [3.63, 3.8) is 0 Å². The molecule has 3 aromatic rings. The van der Waals surface area contributed by atoms with E-state index in [-0.39, 0.29) is 11.1 Å². The van der Waals surface area contributed by atoms with E-state index in [1.54, 1.807) is 24.3 Å². The number of amides is 1. The average Bonchev–Trinajstić information content (AvgIpc) is 3.02. The van der Waals surface area contributed by atoms with Crippen LogP contribution in [0, 0.1) is 5.82 Å². The van der Waals surface area contributed by atoms with Gasteiger partial charge in [0.25, 0.3) is 0 Å². The fourth-order valence-electron chi connectivity index (χ4n) is 3.49. The number of benzene rings is 2. The molecule has 7 heteroatoms. The Hall–Kier alpha value is -2.70. The number of rotatable bonds is 3. The van der Waals surface area contributed by atoms with Crippen molar-refractivity contribution in [2.75, 3.05) is 12.4 Å². The zero-order valence-corrected chi connectivity index (χ0v) is 16.6. The van der Waals surface area contributed by atoms with Crippen LogP contribution in [-0.4, -0.2) is 18.8 Å². The van der Waals surface area contributed by atoms with Crippen molar-refractivity contribution in [1.29, 1.82) is 0 Å². The Balaban J connectivity index is 1.98. The lowest BCUT2D eigenvalue weighted by molar-refractivity contribution is -0.119. The van der Waals surface area contributed by atoms with Crippen molar-refractivity contribution in [2.24, 2.45) is 0 Å². The van der Waals surface area contributed by atoms with Crippen LogP contribution in [0.1, 0.15) is 22.8 Å². The first kappa shape index (κ1) is 18.7. The number of nitrogens with one attached hydrogen (secondary N) is 1. The number of fused-ring (bicyclic) bond motifs is 1. The maximum Gasteiger partial charge on any atom is 0.243 e. The molecule has 1 aliphatic rings. The summed E-state index contributed by atoms with van der Waals surface area (Å²) in [4.78, 5) is 26.5. The van der Waals surface area contributed by atoms with Gasteiger partial charge in [0.1, 0.15) is 26.3 Å². The number of carbonyl (C=O) groups excluding carboxylic acids is 2. The third-order valence-electron chi connectivity index (χ3n) is 5.02. The van der Waals surface area contributed by atoms with Crippen molar-refractivity contribution < 1.29 is 18.7 Å². The van der Waals surface area contributed by atoms with Crippen molar-refractivity contribution in [2.45, 2.75) is 12.3 Å². The molecule has 142 valence electrons. The normalized spacial score (nSPS) is 18.6. The highest BCUT2D eigenvalue weighted by atomic mass is 35.5. The van der Waals surface area contributed by atoms with Crippen molar-refractivity contribution >= 4 is 39.6 Å². The molecule has 0 saturated heterocycles. The lowest BCUT2D eigenvalue weighted by atomic mass is 9.72. The third-order valence-corrected chi connectivity index (χ3v) is 6.33. The summed E-state index contributed by atoms with van der Waals surface area (Å²) < 4.78 is 20.3. The van der Waals surface area contributed by atoms with Crippen molar-refractivity contribution in [3.8, 4) is 16.9 Å². The van der Waals surface area contributed by atoms with Gasteiger partial charge < -0.3 is 10.1 Å². The largest absolute Gasteiger partial charge is 0.496 e. The van der Waals surface area contributed by atoms with Crippen LogP contribution in [0.25, 0.3) is 11.1 Å². The zero-order chi connectivity index (χ0) is 20.1. The predicted molar refractivity (Wildman–Crippen MR) is 108 cm³/mol. The smallest absolute Gasteiger partial charge is 0.243 e. The molecule has 1 N–H and O–H groups in total. The maximum atomic E-state index is 14.5. The van der Waals surface area contributed by atoms with Crippen molar-refractivity contribution in [3.05, 3.63) is 69.8 Å². The topological polar surface area (TPSA) is 55.4 Å². The van der Waals surface area contributed by atoms with Gasteiger partial charge in [-0.25, -0.2) is 4.39 Å². The van der Waals surface area contributed by atoms with Gasteiger partial charge in [0, 0.05) is 16.7 Å². The number of Topliss-reactive ketones (excluding diaryl/α,β-unsaturated/α-hetero) is 1. The van der Waals surface area contributed by atoms with E-state index in [1.165, 1.54) is 32.2 Å². The third kappa shape index (κ3) is 2.56. The molecule has 0 bridgehead atoms. The van der Waals surface area contributed by atoms with Gasteiger partial charge in [-0.3, -0.25) is 9.59 Å². The van der Waals surface area contributed by atoms with E-state index in [4.69, 9.17) is 16.3 Å². The van der Waals surface area contributed by atoms with E-state index in [9.17, 15) is 14.0 Å². The van der Waals surface area contributed by atoms with Gasteiger partial charge >= 0.3 is 0 Å². The number of thiophene rings is 1. The minimum atomic E-state index is -1.71. The summed E-state index contributed by atoms with van der Waals surface area (Å²) >= 11 is 7.57. The molecule has 1 aliphatic heterocycles. The number of ketones is 1. The highest BCUT2D eigenvalue weighted by Gasteiger charge is 2.51. The Morgan fingerprint density at radius 3 is 2.46 bits per heavy atom.